The van der Waals surface area contributed by atoms with E-state index in [-0.39, 0.29) is 12.0 Å². The van der Waals surface area contributed by atoms with Crippen molar-refractivity contribution in [2.45, 2.75) is 26.4 Å². The highest BCUT2D eigenvalue weighted by Crippen LogP contribution is 2.26. The van der Waals surface area contributed by atoms with Crippen molar-refractivity contribution in [2.75, 3.05) is 23.4 Å². The van der Waals surface area contributed by atoms with Gasteiger partial charge in [-0.25, -0.2) is 0 Å². The van der Waals surface area contributed by atoms with Gasteiger partial charge in [0.15, 0.2) is 0 Å². The minimum Gasteiger partial charge on any atom is -0.368 e. The molecule has 1 N–H and O–H groups in total. The Kier molecular flexibility index (Phi) is 8.54. The minimum atomic E-state index is -0.0964. The summed E-state index contributed by atoms with van der Waals surface area (Å²) in [4.78, 5) is 12.4. The molecule has 0 saturated carbocycles. The predicted molar refractivity (Wildman–Crippen MR) is 127 cm³/mol. The summed E-state index contributed by atoms with van der Waals surface area (Å²) < 4.78 is 6.22. The van der Waals surface area contributed by atoms with Crippen LogP contribution in [0.1, 0.15) is 35.3 Å². The SMILES string of the molecule is CCc1cccc(C)c1NC(=O)CSCCOC(c1ccccc1)c1ccccc1. The summed E-state index contributed by atoms with van der Waals surface area (Å²) in [6.07, 6.45) is 0.805. The Morgan fingerprint density at radius 3 is 2.17 bits per heavy atom. The molecule has 4 heteroatoms. The molecule has 0 radical (unpaired) electrons. The standard InChI is InChI=1S/C26H29NO2S/c1-3-21-16-10-11-20(2)25(21)27-24(28)19-30-18-17-29-26(22-12-6-4-7-13-22)23-14-8-5-9-15-23/h4-16,26H,3,17-19H2,1-2H3,(H,27,28). The van der Waals surface area contributed by atoms with E-state index in [4.69, 9.17) is 4.74 Å². The van der Waals surface area contributed by atoms with Gasteiger partial charge >= 0.3 is 0 Å². The monoisotopic (exact) mass is 419 g/mol. The minimum absolute atomic E-state index is 0.0340. The van der Waals surface area contributed by atoms with Gasteiger partial charge in [0, 0.05) is 11.4 Å². The second-order valence-electron chi connectivity index (χ2n) is 7.14. The second kappa shape index (κ2) is 11.6. The molecule has 1 amide bonds. The average molecular weight is 420 g/mol. The van der Waals surface area contributed by atoms with Crippen molar-refractivity contribution in [3.63, 3.8) is 0 Å². The van der Waals surface area contributed by atoms with Gasteiger partial charge in [0.25, 0.3) is 0 Å². The lowest BCUT2D eigenvalue weighted by atomic mass is 10.0. The Labute approximate surface area is 183 Å². The van der Waals surface area contributed by atoms with E-state index in [2.05, 4.69) is 42.6 Å². The molecule has 0 aliphatic carbocycles. The number of amides is 1. The van der Waals surface area contributed by atoms with Gasteiger partial charge in [0.1, 0.15) is 6.10 Å². The average Bonchev–Trinajstić information content (AvgIpc) is 2.78. The number of benzene rings is 3. The number of aryl methyl sites for hydroxylation is 2. The number of rotatable bonds is 10. The van der Waals surface area contributed by atoms with Crippen molar-refractivity contribution in [1.29, 1.82) is 0 Å². The van der Waals surface area contributed by atoms with Crippen molar-refractivity contribution in [3.05, 3.63) is 101 Å². The fraction of sp³-hybridized carbons (Fsp3) is 0.269. The third-order valence-corrected chi connectivity index (χ3v) is 5.88. The highest BCUT2D eigenvalue weighted by molar-refractivity contribution is 7.99. The van der Waals surface area contributed by atoms with E-state index in [1.165, 1.54) is 5.56 Å². The smallest absolute Gasteiger partial charge is 0.234 e. The molecule has 0 saturated heterocycles. The second-order valence-corrected chi connectivity index (χ2v) is 8.24. The maximum Gasteiger partial charge on any atom is 0.234 e. The maximum absolute atomic E-state index is 12.4. The van der Waals surface area contributed by atoms with Crippen LogP contribution in [0.4, 0.5) is 5.69 Å². The van der Waals surface area contributed by atoms with Crippen molar-refractivity contribution in [1.82, 2.24) is 0 Å². The summed E-state index contributed by atoms with van der Waals surface area (Å²) in [7, 11) is 0. The summed E-state index contributed by atoms with van der Waals surface area (Å²) in [5, 5.41) is 3.08. The quantitative estimate of drug-likeness (QED) is 0.407. The summed E-state index contributed by atoms with van der Waals surface area (Å²) in [6, 6.07) is 26.6. The van der Waals surface area contributed by atoms with Gasteiger partial charge in [-0.3, -0.25) is 4.79 Å². The van der Waals surface area contributed by atoms with Crippen molar-refractivity contribution >= 4 is 23.4 Å². The summed E-state index contributed by atoms with van der Waals surface area (Å²) in [5.74, 6) is 1.21. The lowest BCUT2D eigenvalue weighted by Crippen LogP contribution is -2.17. The van der Waals surface area contributed by atoms with Gasteiger partial charge in [-0.15, -0.1) is 11.8 Å². The zero-order valence-electron chi connectivity index (χ0n) is 17.6. The number of hydrogen-bond acceptors (Lipinski definition) is 3. The molecule has 0 bridgehead atoms. The van der Waals surface area contributed by atoms with E-state index in [0.29, 0.717) is 12.4 Å². The molecule has 0 spiro atoms. The van der Waals surface area contributed by atoms with Crippen LogP contribution in [0.15, 0.2) is 78.9 Å². The van der Waals surface area contributed by atoms with Gasteiger partial charge in [0.2, 0.25) is 5.91 Å². The Morgan fingerprint density at radius 2 is 1.57 bits per heavy atom. The molecule has 0 aliphatic rings. The molecular formula is C26H29NO2S. The topological polar surface area (TPSA) is 38.3 Å². The van der Waals surface area contributed by atoms with Crippen LogP contribution in [0.25, 0.3) is 0 Å². The Bertz CT molecular complexity index is 889. The van der Waals surface area contributed by atoms with Crippen LogP contribution in [-0.2, 0) is 16.0 Å². The molecule has 3 rings (SSSR count). The maximum atomic E-state index is 12.4. The lowest BCUT2D eigenvalue weighted by Gasteiger charge is -2.19. The molecule has 0 unspecified atom stereocenters. The van der Waals surface area contributed by atoms with Crippen molar-refractivity contribution < 1.29 is 9.53 Å². The number of carbonyl (C=O) groups is 1. The first kappa shape index (κ1) is 22.1. The molecule has 3 aromatic carbocycles. The molecule has 3 nitrogen and oxygen atoms in total. The van der Waals surface area contributed by atoms with Crippen LogP contribution in [0, 0.1) is 6.92 Å². The van der Waals surface area contributed by atoms with Crippen molar-refractivity contribution in [3.8, 4) is 0 Å². The van der Waals surface area contributed by atoms with Gasteiger partial charge in [0.05, 0.1) is 12.4 Å². The van der Waals surface area contributed by atoms with Crippen LogP contribution in [-0.4, -0.2) is 24.0 Å². The van der Waals surface area contributed by atoms with E-state index in [9.17, 15) is 4.79 Å². The number of anilines is 1. The highest BCUT2D eigenvalue weighted by Gasteiger charge is 2.14. The van der Waals surface area contributed by atoms with Crippen LogP contribution in [0.3, 0.4) is 0 Å². The summed E-state index contributed by atoms with van der Waals surface area (Å²) >= 11 is 1.60. The number of thioether (sulfide) groups is 1. The van der Waals surface area contributed by atoms with Crippen LogP contribution in [0.5, 0.6) is 0 Å². The van der Waals surface area contributed by atoms with E-state index >= 15 is 0 Å². The molecule has 0 aliphatic heterocycles. The molecule has 0 aromatic heterocycles. The highest BCUT2D eigenvalue weighted by atomic mass is 32.2. The third kappa shape index (κ3) is 6.22. The van der Waals surface area contributed by atoms with E-state index < -0.39 is 0 Å². The first-order valence-corrected chi connectivity index (χ1v) is 11.5. The third-order valence-electron chi connectivity index (χ3n) is 4.95. The van der Waals surface area contributed by atoms with E-state index in [1.54, 1.807) is 11.8 Å². The fourth-order valence-corrected chi connectivity index (χ4v) is 4.02. The predicted octanol–water partition coefficient (Wildman–Crippen LogP) is 6.04. The first-order valence-electron chi connectivity index (χ1n) is 10.4. The zero-order valence-corrected chi connectivity index (χ0v) is 18.5. The summed E-state index contributed by atoms with van der Waals surface area (Å²) in [6.45, 7) is 4.71. The van der Waals surface area contributed by atoms with E-state index in [1.807, 2.05) is 55.5 Å². The number of nitrogens with one attached hydrogen (secondary N) is 1. The molecule has 0 heterocycles. The molecule has 30 heavy (non-hydrogen) atoms. The van der Waals surface area contributed by atoms with Gasteiger partial charge in [-0.1, -0.05) is 85.8 Å². The molecule has 0 fully saturated rings. The van der Waals surface area contributed by atoms with Crippen LogP contribution >= 0.6 is 11.8 Å². The molecule has 0 atom stereocenters. The lowest BCUT2D eigenvalue weighted by molar-refractivity contribution is -0.113. The molecule has 3 aromatic rings. The van der Waals surface area contributed by atoms with Gasteiger partial charge in [-0.2, -0.15) is 0 Å². The number of ether oxygens (including phenoxy) is 1. The normalized spacial score (nSPS) is 10.9. The zero-order chi connectivity index (χ0) is 21.2. The van der Waals surface area contributed by atoms with E-state index in [0.717, 1.165) is 34.6 Å². The Morgan fingerprint density at radius 1 is 0.933 bits per heavy atom. The first-order chi connectivity index (χ1) is 14.7. The van der Waals surface area contributed by atoms with Gasteiger partial charge < -0.3 is 10.1 Å². The number of hydrogen-bond donors (Lipinski definition) is 1. The van der Waals surface area contributed by atoms with Crippen molar-refractivity contribution in [2.24, 2.45) is 0 Å². The Hall–Kier alpha value is -2.56. The molecule has 156 valence electrons. The number of para-hydroxylation sites is 1. The summed E-state index contributed by atoms with van der Waals surface area (Å²) in [5.41, 5.74) is 5.50. The Balaban J connectivity index is 1.49. The molecular weight excluding hydrogens is 390 g/mol. The van der Waals surface area contributed by atoms with Crippen LogP contribution < -0.4 is 5.32 Å². The fourth-order valence-electron chi connectivity index (χ4n) is 3.41. The largest absolute Gasteiger partial charge is 0.368 e. The van der Waals surface area contributed by atoms with Crippen LogP contribution in [0.2, 0.25) is 0 Å². The number of carbonyl (C=O) groups excluding carboxylic acids is 1. The van der Waals surface area contributed by atoms with Gasteiger partial charge in [-0.05, 0) is 35.6 Å².